The van der Waals surface area contributed by atoms with Crippen molar-refractivity contribution < 1.29 is 19.1 Å². The van der Waals surface area contributed by atoms with Crippen LogP contribution >= 0.6 is 0 Å². The highest BCUT2D eigenvalue weighted by atomic mass is 16.5. The van der Waals surface area contributed by atoms with E-state index in [2.05, 4.69) is 5.32 Å². The maximum atomic E-state index is 12.0. The third kappa shape index (κ3) is 4.53. The molecule has 0 radical (unpaired) electrons. The van der Waals surface area contributed by atoms with Crippen LogP contribution in [0.15, 0.2) is 42.5 Å². The fraction of sp³-hybridized carbons (Fsp3) is 0.333. The molecule has 0 bridgehead atoms. The van der Waals surface area contributed by atoms with Crippen LogP contribution in [0.25, 0.3) is 10.8 Å². The van der Waals surface area contributed by atoms with Gasteiger partial charge in [-0.05, 0) is 23.3 Å². The molecule has 0 unspecified atom stereocenters. The van der Waals surface area contributed by atoms with E-state index in [1.807, 2.05) is 42.5 Å². The Hall–Kier alpha value is -2.40. The first-order valence-corrected chi connectivity index (χ1v) is 7.57. The van der Waals surface area contributed by atoms with Crippen molar-refractivity contribution in [3.8, 4) is 0 Å². The van der Waals surface area contributed by atoms with Gasteiger partial charge in [-0.15, -0.1) is 0 Å². The first-order valence-electron chi connectivity index (χ1n) is 7.57. The van der Waals surface area contributed by atoms with Gasteiger partial charge in [0.15, 0.2) is 0 Å². The molecule has 0 aliphatic carbocycles. The number of nitrogens with one attached hydrogen (secondary N) is 1. The van der Waals surface area contributed by atoms with Crippen LogP contribution in [0.1, 0.15) is 12.5 Å². The summed E-state index contributed by atoms with van der Waals surface area (Å²) in [5.41, 5.74) is 0.982. The second kappa shape index (κ2) is 8.29. The number of hydrogen-bond donors (Lipinski definition) is 1. The molecular formula is C18H21NO4. The van der Waals surface area contributed by atoms with E-state index in [0.29, 0.717) is 13.0 Å². The summed E-state index contributed by atoms with van der Waals surface area (Å²) in [5.74, 6) is -0.801. The zero-order valence-corrected chi connectivity index (χ0v) is 13.4. The minimum atomic E-state index is -0.737. The maximum Gasteiger partial charge on any atom is 0.328 e. The van der Waals surface area contributed by atoms with Crippen LogP contribution < -0.4 is 5.32 Å². The zero-order chi connectivity index (χ0) is 16.7. The third-order valence-corrected chi connectivity index (χ3v) is 3.56. The zero-order valence-electron chi connectivity index (χ0n) is 13.4. The van der Waals surface area contributed by atoms with Crippen molar-refractivity contribution in [3.63, 3.8) is 0 Å². The molecule has 23 heavy (non-hydrogen) atoms. The molecule has 0 heterocycles. The van der Waals surface area contributed by atoms with E-state index in [0.717, 1.165) is 16.3 Å². The van der Waals surface area contributed by atoms with Gasteiger partial charge in [0.1, 0.15) is 12.6 Å². The standard InChI is InChI=1S/C18H21NO4/c1-3-23-12-17(20)19-16(18(21)22-2)11-14-9-6-8-13-7-4-5-10-15(13)14/h4-10,16H,3,11-12H2,1-2H3,(H,19,20)/t16-/m0/s1. The van der Waals surface area contributed by atoms with Crippen LogP contribution in [0, 0.1) is 0 Å². The summed E-state index contributed by atoms with van der Waals surface area (Å²) in [7, 11) is 1.31. The van der Waals surface area contributed by atoms with Gasteiger partial charge in [0, 0.05) is 13.0 Å². The number of esters is 1. The van der Waals surface area contributed by atoms with E-state index in [1.165, 1.54) is 7.11 Å². The lowest BCUT2D eigenvalue weighted by Crippen LogP contribution is -2.44. The molecule has 2 aromatic carbocycles. The molecule has 0 saturated carbocycles. The molecule has 1 N–H and O–H groups in total. The van der Waals surface area contributed by atoms with Crippen LogP contribution in [0.2, 0.25) is 0 Å². The van der Waals surface area contributed by atoms with Crippen molar-refractivity contribution in [2.45, 2.75) is 19.4 Å². The Morgan fingerprint density at radius 3 is 2.61 bits per heavy atom. The fourth-order valence-corrected chi connectivity index (χ4v) is 2.46. The van der Waals surface area contributed by atoms with Crippen molar-refractivity contribution in [1.29, 1.82) is 0 Å². The van der Waals surface area contributed by atoms with Gasteiger partial charge in [0.25, 0.3) is 0 Å². The minimum absolute atomic E-state index is 0.0699. The molecule has 0 aromatic heterocycles. The topological polar surface area (TPSA) is 64.6 Å². The van der Waals surface area contributed by atoms with Crippen LogP contribution in [0.4, 0.5) is 0 Å². The van der Waals surface area contributed by atoms with Gasteiger partial charge in [-0.2, -0.15) is 0 Å². The second-order valence-electron chi connectivity index (χ2n) is 5.12. The van der Waals surface area contributed by atoms with Gasteiger partial charge in [0.2, 0.25) is 5.91 Å². The van der Waals surface area contributed by atoms with Gasteiger partial charge in [-0.25, -0.2) is 4.79 Å². The van der Waals surface area contributed by atoms with E-state index in [4.69, 9.17) is 9.47 Å². The minimum Gasteiger partial charge on any atom is -0.467 e. The van der Waals surface area contributed by atoms with Crippen LogP contribution in [0.5, 0.6) is 0 Å². The number of carbonyl (C=O) groups is 2. The van der Waals surface area contributed by atoms with Gasteiger partial charge >= 0.3 is 5.97 Å². The number of methoxy groups -OCH3 is 1. The highest BCUT2D eigenvalue weighted by molar-refractivity contribution is 5.88. The summed E-state index contributed by atoms with van der Waals surface area (Å²) in [5, 5.41) is 4.83. The molecule has 0 saturated heterocycles. The quantitative estimate of drug-likeness (QED) is 0.795. The lowest BCUT2D eigenvalue weighted by Gasteiger charge is -2.17. The summed E-state index contributed by atoms with van der Waals surface area (Å²) in [6, 6.07) is 13.1. The monoisotopic (exact) mass is 315 g/mol. The van der Waals surface area contributed by atoms with E-state index in [-0.39, 0.29) is 12.5 Å². The largest absolute Gasteiger partial charge is 0.467 e. The molecule has 122 valence electrons. The van der Waals surface area contributed by atoms with Gasteiger partial charge in [-0.3, -0.25) is 4.79 Å². The smallest absolute Gasteiger partial charge is 0.328 e. The molecule has 5 nitrogen and oxygen atoms in total. The fourth-order valence-electron chi connectivity index (χ4n) is 2.46. The molecule has 5 heteroatoms. The molecule has 1 atom stereocenters. The highest BCUT2D eigenvalue weighted by Crippen LogP contribution is 2.20. The molecule has 0 spiro atoms. The number of carbonyl (C=O) groups excluding carboxylic acids is 2. The van der Waals surface area contributed by atoms with E-state index < -0.39 is 12.0 Å². The Labute approximate surface area is 135 Å². The lowest BCUT2D eigenvalue weighted by atomic mass is 9.99. The van der Waals surface area contributed by atoms with Gasteiger partial charge in [-0.1, -0.05) is 42.5 Å². The van der Waals surface area contributed by atoms with E-state index >= 15 is 0 Å². The number of hydrogen-bond acceptors (Lipinski definition) is 4. The summed E-state index contributed by atoms with van der Waals surface area (Å²) in [4.78, 5) is 23.8. The Kier molecular flexibility index (Phi) is 6.11. The van der Waals surface area contributed by atoms with Gasteiger partial charge in [0.05, 0.1) is 7.11 Å². The molecule has 2 rings (SSSR count). The van der Waals surface area contributed by atoms with Crippen molar-refractivity contribution in [2.75, 3.05) is 20.3 Å². The summed E-state index contributed by atoms with van der Waals surface area (Å²) >= 11 is 0. The van der Waals surface area contributed by atoms with Crippen molar-refractivity contribution >= 4 is 22.6 Å². The lowest BCUT2D eigenvalue weighted by molar-refractivity contribution is -0.145. The van der Waals surface area contributed by atoms with Crippen LogP contribution in [-0.2, 0) is 25.5 Å². The van der Waals surface area contributed by atoms with Crippen LogP contribution in [-0.4, -0.2) is 38.2 Å². The highest BCUT2D eigenvalue weighted by Gasteiger charge is 2.22. The maximum absolute atomic E-state index is 12.0. The molecule has 0 aliphatic heterocycles. The summed E-state index contributed by atoms with van der Waals surface area (Å²) in [6.45, 7) is 2.18. The number of ether oxygens (including phenoxy) is 2. The predicted octanol–water partition coefficient (Wildman–Crippen LogP) is 2.08. The van der Waals surface area contributed by atoms with E-state index in [1.54, 1.807) is 6.92 Å². The summed E-state index contributed by atoms with van der Waals surface area (Å²) in [6.07, 6.45) is 0.367. The van der Waals surface area contributed by atoms with Crippen molar-refractivity contribution in [1.82, 2.24) is 5.32 Å². The number of fused-ring (bicyclic) bond motifs is 1. The Morgan fingerprint density at radius 1 is 1.13 bits per heavy atom. The predicted molar refractivity (Wildman–Crippen MR) is 88.1 cm³/mol. The normalized spacial score (nSPS) is 11.9. The molecule has 2 aromatic rings. The average molecular weight is 315 g/mol. The Bertz CT molecular complexity index is 678. The van der Waals surface area contributed by atoms with Crippen LogP contribution in [0.3, 0.4) is 0 Å². The Morgan fingerprint density at radius 2 is 1.87 bits per heavy atom. The Balaban J connectivity index is 2.19. The SMILES string of the molecule is CCOCC(=O)N[C@@H](Cc1cccc2ccccc12)C(=O)OC. The number of benzene rings is 2. The average Bonchev–Trinajstić information content (AvgIpc) is 2.59. The third-order valence-electron chi connectivity index (χ3n) is 3.56. The second-order valence-corrected chi connectivity index (χ2v) is 5.12. The van der Waals surface area contributed by atoms with E-state index in [9.17, 15) is 9.59 Å². The number of rotatable bonds is 7. The molecule has 0 fully saturated rings. The van der Waals surface area contributed by atoms with Gasteiger partial charge < -0.3 is 14.8 Å². The molecular weight excluding hydrogens is 294 g/mol. The first-order chi connectivity index (χ1) is 11.2. The summed E-state index contributed by atoms with van der Waals surface area (Å²) < 4.78 is 9.87. The molecule has 1 amide bonds. The van der Waals surface area contributed by atoms with Crippen molar-refractivity contribution in [2.24, 2.45) is 0 Å². The first kappa shape index (κ1) is 17.0. The molecule has 0 aliphatic rings. The van der Waals surface area contributed by atoms with Crippen molar-refractivity contribution in [3.05, 3.63) is 48.0 Å². The number of amides is 1.